The number of anilines is 2. The van der Waals surface area contributed by atoms with E-state index in [4.69, 9.17) is 11.6 Å². The Hall–Kier alpha value is -2.44. The number of para-hydroxylation sites is 1. The van der Waals surface area contributed by atoms with Crippen LogP contribution in [0.25, 0.3) is 0 Å². The van der Waals surface area contributed by atoms with Crippen molar-refractivity contribution < 1.29 is 0 Å². The summed E-state index contributed by atoms with van der Waals surface area (Å²) >= 11 is 6.62. The molecule has 2 heterocycles. The Morgan fingerprint density at radius 2 is 1.77 bits per heavy atom. The van der Waals surface area contributed by atoms with Crippen LogP contribution in [0.15, 0.2) is 53.5 Å². The molecule has 2 saturated heterocycles. The van der Waals surface area contributed by atoms with E-state index in [0.29, 0.717) is 12.6 Å². The fourth-order valence-electron chi connectivity index (χ4n) is 4.38. The highest BCUT2D eigenvalue weighted by atomic mass is 35.5. The van der Waals surface area contributed by atoms with Crippen LogP contribution < -0.4 is 20.4 Å². The Labute approximate surface area is 190 Å². The number of hydrogen-bond acceptors (Lipinski definition) is 4. The third-order valence-electron chi connectivity index (χ3n) is 6.24. The van der Waals surface area contributed by atoms with Crippen molar-refractivity contribution in [3.63, 3.8) is 0 Å². The first-order valence-corrected chi connectivity index (χ1v) is 11.5. The predicted molar refractivity (Wildman–Crippen MR) is 132 cm³/mol. The van der Waals surface area contributed by atoms with Crippen molar-refractivity contribution in [1.82, 2.24) is 15.5 Å². The van der Waals surface area contributed by atoms with Crippen molar-refractivity contribution in [2.45, 2.75) is 19.0 Å². The molecule has 31 heavy (non-hydrogen) atoms. The average molecular weight is 441 g/mol. The van der Waals surface area contributed by atoms with Gasteiger partial charge in [0.15, 0.2) is 5.96 Å². The first-order valence-electron chi connectivity index (χ1n) is 11.1. The Balaban J connectivity index is 1.36. The quantitative estimate of drug-likeness (QED) is 0.552. The zero-order valence-corrected chi connectivity index (χ0v) is 19.3. The highest BCUT2D eigenvalue weighted by Crippen LogP contribution is 2.28. The van der Waals surface area contributed by atoms with Crippen LogP contribution in [0.5, 0.6) is 0 Å². The first-order chi connectivity index (χ1) is 15.1. The molecule has 4 rings (SSSR count). The predicted octanol–water partition coefficient (Wildman–Crippen LogP) is 3.04. The molecule has 0 spiro atoms. The number of nitrogens with one attached hydrogen (secondary N) is 2. The summed E-state index contributed by atoms with van der Waals surface area (Å²) in [5, 5.41) is 7.89. The van der Waals surface area contributed by atoms with E-state index < -0.39 is 0 Å². The molecular formula is C24H33ClN6. The monoisotopic (exact) mass is 440 g/mol. The van der Waals surface area contributed by atoms with Gasteiger partial charge in [-0.1, -0.05) is 35.9 Å². The summed E-state index contributed by atoms with van der Waals surface area (Å²) in [7, 11) is 4.00. The number of benzene rings is 2. The topological polar surface area (TPSA) is 46.1 Å². The zero-order valence-electron chi connectivity index (χ0n) is 18.5. The minimum atomic E-state index is 0.370. The van der Waals surface area contributed by atoms with E-state index >= 15 is 0 Å². The molecule has 2 N–H and O–H groups in total. The van der Waals surface area contributed by atoms with Gasteiger partial charge in [-0.3, -0.25) is 4.99 Å². The van der Waals surface area contributed by atoms with Crippen molar-refractivity contribution in [2.75, 3.05) is 63.2 Å². The van der Waals surface area contributed by atoms with Gasteiger partial charge in [0.25, 0.3) is 0 Å². The second-order valence-electron chi connectivity index (χ2n) is 8.37. The van der Waals surface area contributed by atoms with Crippen LogP contribution >= 0.6 is 11.6 Å². The molecule has 1 atom stereocenters. The maximum atomic E-state index is 6.62. The fraction of sp³-hybridized carbons (Fsp3) is 0.458. The molecular weight excluding hydrogens is 408 g/mol. The molecule has 0 radical (unpaired) electrons. The smallest absolute Gasteiger partial charge is 0.191 e. The molecule has 2 aliphatic rings. The maximum absolute atomic E-state index is 6.62. The molecule has 0 aromatic heterocycles. The van der Waals surface area contributed by atoms with Gasteiger partial charge >= 0.3 is 0 Å². The van der Waals surface area contributed by atoms with Crippen molar-refractivity contribution >= 4 is 28.9 Å². The van der Waals surface area contributed by atoms with Crippen molar-refractivity contribution in [1.29, 1.82) is 0 Å². The second kappa shape index (κ2) is 10.2. The minimum Gasteiger partial charge on any atom is -0.369 e. The first kappa shape index (κ1) is 21.8. The van der Waals surface area contributed by atoms with Crippen LogP contribution in [-0.2, 0) is 6.54 Å². The summed E-state index contributed by atoms with van der Waals surface area (Å²) in [6.07, 6.45) is 1.09. The normalized spacial score (nSPS) is 20.2. The van der Waals surface area contributed by atoms with Crippen LogP contribution in [-0.4, -0.2) is 70.3 Å². The molecule has 0 amide bonds. The summed E-state index contributed by atoms with van der Waals surface area (Å²) in [6, 6.07) is 17.2. The summed E-state index contributed by atoms with van der Waals surface area (Å²) in [5.74, 6) is 0.823. The van der Waals surface area contributed by atoms with Gasteiger partial charge in [-0.15, -0.1) is 0 Å². The third kappa shape index (κ3) is 5.43. The van der Waals surface area contributed by atoms with E-state index in [1.54, 1.807) is 0 Å². The summed E-state index contributed by atoms with van der Waals surface area (Å²) in [5.41, 5.74) is 3.64. The standard InChI is InChI=1S/C24H33ClN6/c1-26-24(28-19-11-12-31(18-19)20-7-4-3-5-8-20)27-17-21-22(25)9-6-10-23(21)30-15-13-29(2)14-16-30/h3-10,19H,11-18H2,1-2H3,(H2,26,27,28). The van der Waals surface area contributed by atoms with E-state index in [9.17, 15) is 0 Å². The van der Waals surface area contributed by atoms with Gasteiger partial charge in [0, 0.05) is 80.9 Å². The Bertz CT molecular complexity index is 879. The molecule has 6 nitrogen and oxygen atoms in total. The van der Waals surface area contributed by atoms with E-state index in [0.717, 1.165) is 62.2 Å². The number of likely N-dealkylation sites (N-methyl/N-ethyl adjacent to an activating group) is 1. The highest BCUT2D eigenvalue weighted by molar-refractivity contribution is 6.31. The molecule has 0 bridgehead atoms. The number of hydrogen-bond donors (Lipinski definition) is 2. The lowest BCUT2D eigenvalue weighted by Crippen LogP contribution is -2.46. The van der Waals surface area contributed by atoms with E-state index in [-0.39, 0.29) is 0 Å². The van der Waals surface area contributed by atoms with Gasteiger partial charge in [0.05, 0.1) is 0 Å². The number of rotatable bonds is 5. The number of piperazine rings is 1. The van der Waals surface area contributed by atoms with Crippen molar-refractivity contribution in [3.05, 3.63) is 59.1 Å². The van der Waals surface area contributed by atoms with Gasteiger partial charge in [0.1, 0.15) is 0 Å². The lowest BCUT2D eigenvalue weighted by Gasteiger charge is -2.35. The van der Waals surface area contributed by atoms with Crippen LogP contribution in [0.4, 0.5) is 11.4 Å². The van der Waals surface area contributed by atoms with E-state index in [1.807, 2.05) is 19.2 Å². The number of guanidine groups is 1. The third-order valence-corrected chi connectivity index (χ3v) is 6.60. The largest absolute Gasteiger partial charge is 0.369 e. The van der Waals surface area contributed by atoms with Gasteiger partial charge in [-0.05, 0) is 37.7 Å². The fourth-order valence-corrected chi connectivity index (χ4v) is 4.61. The average Bonchev–Trinajstić information content (AvgIpc) is 3.27. The Kier molecular flexibility index (Phi) is 7.20. The van der Waals surface area contributed by atoms with Crippen molar-refractivity contribution in [3.8, 4) is 0 Å². The van der Waals surface area contributed by atoms with Crippen LogP contribution in [0.3, 0.4) is 0 Å². The molecule has 2 aromatic carbocycles. The summed E-state index contributed by atoms with van der Waals surface area (Å²) in [4.78, 5) is 11.7. The maximum Gasteiger partial charge on any atom is 0.191 e. The molecule has 0 aliphatic carbocycles. The highest BCUT2D eigenvalue weighted by Gasteiger charge is 2.24. The SMILES string of the molecule is CN=C(NCc1c(Cl)cccc1N1CCN(C)CC1)NC1CCN(c2ccccc2)C1. The van der Waals surface area contributed by atoms with Gasteiger partial charge in [0.2, 0.25) is 0 Å². The number of halogens is 1. The van der Waals surface area contributed by atoms with E-state index in [1.165, 1.54) is 11.4 Å². The van der Waals surface area contributed by atoms with Gasteiger partial charge < -0.3 is 25.3 Å². The van der Waals surface area contributed by atoms with Gasteiger partial charge in [-0.2, -0.15) is 0 Å². The lowest BCUT2D eigenvalue weighted by molar-refractivity contribution is 0.312. The van der Waals surface area contributed by atoms with Gasteiger partial charge in [-0.25, -0.2) is 0 Å². The zero-order chi connectivity index (χ0) is 21.6. The summed E-state index contributed by atoms with van der Waals surface area (Å²) < 4.78 is 0. The Morgan fingerprint density at radius 3 is 2.52 bits per heavy atom. The Morgan fingerprint density at radius 1 is 1.00 bits per heavy atom. The van der Waals surface area contributed by atoms with Crippen LogP contribution in [0, 0.1) is 0 Å². The summed E-state index contributed by atoms with van der Waals surface area (Å²) in [6.45, 7) is 6.86. The molecule has 7 heteroatoms. The minimum absolute atomic E-state index is 0.370. The number of nitrogens with zero attached hydrogens (tertiary/aromatic N) is 4. The molecule has 2 aromatic rings. The lowest BCUT2D eigenvalue weighted by atomic mass is 10.1. The molecule has 2 fully saturated rings. The second-order valence-corrected chi connectivity index (χ2v) is 8.77. The number of aliphatic imine (C=N–C) groups is 1. The molecule has 166 valence electrons. The molecule has 1 unspecified atom stereocenters. The van der Waals surface area contributed by atoms with Crippen molar-refractivity contribution in [2.24, 2.45) is 4.99 Å². The molecule has 2 aliphatic heterocycles. The van der Waals surface area contributed by atoms with Crippen LogP contribution in [0.1, 0.15) is 12.0 Å². The molecule has 0 saturated carbocycles. The van der Waals surface area contributed by atoms with E-state index in [2.05, 4.69) is 73.8 Å². The van der Waals surface area contributed by atoms with Crippen LogP contribution in [0.2, 0.25) is 5.02 Å².